The van der Waals surface area contributed by atoms with Crippen LogP contribution in [0.2, 0.25) is 0 Å². The molecule has 2 bridgehead atoms. The second-order valence-electron chi connectivity index (χ2n) is 12.0. The van der Waals surface area contributed by atoms with E-state index >= 15 is 0 Å². The molecule has 2 aliphatic heterocycles. The summed E-state index contributed by atoms with van der Waals surface area (Å²) >= 11 is 0. The lowest BCUT2D eigenvalue weighted by Crippen LogP contribution is -2.70. The van der Waals surface area contributed by atoms with Gasteiger partial charge in [-0.2, -0.15) is 0 Å². The largest absolute Gasteiger partial charge is 0.497 e. The fraction of sp³-hybridized carbons (Fsp3) is 0.243. The number of methoxy groups -OCH3 is 2. The molecule has 1 spiro atoms. The molecule has 42 heavy (non-hydrogen) atoms. The first-order valence-corrected chi connectivity index (χ1v) is 16.9. The minimum absolute atomic E-state index is 0.248. The molecule has 1 fully saturated rings. The number of likely N-dealkylation sites (tertiary alicyclic amines) is 1. The Kier molecular flexibility index (Phi) is 5.79. The Hall–Kier alpha value is -4.06. The number of piperidine rings is 1. The van der Waals surface area contributed by atoms with Crippen LogP contribution in [0.3, 0.4) is 0 Å². The van der Waals surface area contributed by atoms with Gasteiger partial charge in [0, 0.05) is 11.6 Å². The average Bonchev–Trinajstić information content (AvgIpc) is 3.39. The minimum atomic E-state index is -2.85. The van der Waals surface area contributed by atoms with E-state index in [2.05, 4.69) is 121 Å². The maximum absolute atomic E-state index is 7.13. The zero-order valence-corrected chi connectivity index (χ0v) is 25.3. The molecular formula is C37H35NO3Si. The summed E-state index contributed by atoms with van der Waals surface area (Å²) in [6, 6.07) is 37.9. The van der Waals surface area contributed by atoms with Gasteiger partial charge in [0.05, 0.1) is 19.6 Å². The summed E-state index contributed by atoms with van der Waals surface area (Å²) in [4.78, 5) is 2.55. The van der Waals surface area contributed by atoms with E-state index < -0.39 is 8.07 Å². The number of allylic oxidation sites excluding steroid dienone is 2. The van der Waals surface area contributed by atoms with E-state index in [-0.39, 0.29) is 11.5 Å². The first-order valence-electron chi connectivity index (χ1n) is 14.9. The Morgan fingerprint density at radius 1 is 0.786 bits per heavy atom. The molecule has 0 amide bonds. The van der Waals surface area contributed by atoms with Crippen LogP contribution in [-0.4, -0.2) is 52.9 Å². The highest BCUT2D eigenvalue weighted by atomic mass is 28.3. The van der Waals surface area contributed by atoms with Gasteiger partial charge in [0.1, 0.15) is 5.76 Å². The normalized spacial score (nSPS) is 24.0. The quantitative estimate of drug-likeness (QED) is 0.253. The molecule has 0 unspecified atom stereocenters. The number of likely N-dealkylation sites (N-methyl/N-ethyl adjacent to an activating group) is 1. The fourth-order valence-corrected chi connectivity index (χ4v) is 13.5. The molecule has 0 N–H and O–H groups in total. The van der Waals surface area contributed by atoms with Crippen molar-refractivity contribution in [1.29, 1.82) is 0 Å². The lowest BCUT2D eigenvalue weighted by atomic mass is 9.57. The lowest BCUT2D eigenvalue weighted by Gasteiger charge is -2.54. The third kappa shape index (κ3) is 3.21. The molecule has 4 aromatic carbocycles. The third-order valence-electron chi connectivity index (χ3n) is 10.3. The van der Waals surface area contributed by atoms with E-state index in [0.717, 1.165) is 36.6 Å². The second kappa shape index (κ2) is 9.48. The van der Waals surface area contributed by atoms with E-state index in [9.17, 15) is 0 Å². The lowest BCUT2D eigenvalue weighted by molar-refractivity contribution is 0.0725. The minimum Gasteiger partial charge on any atom is -0.497 e. The van der Waals surface area contributed by atoms with Gasteiger partial charge in [0.2, 0.25) is 0 Å². The molecule has 4 nitrogen and oxygen atoms in total. The Morgan fingerprint density at radius 2 is 1.38 bits per heavy atom. The summed E-state index contributed by atoms with van der Waals surface area (Å²) in [5, 5.41) is 5.29. The number of benzene rings is 4. The van der Waals surface area contributed by atoms with Gasteiger partial charge in [-0.05, 0) is 64.4 Å². The highest BCUT2D eigenvalue weighted by molar-refractivity contribution is 7.16. The van der Waals surface area contributed by atoms with Gasteiger partial charge in [-0.3, -0.25) is 4.90 Å². The first-order chi connectivity index (χ1) is 20.6. The van der Waals surface area contributed by atoms with E-state index in [1.54, 1.807) is 7.11 Å². The molecule has 1 saturated heterocycles. The maximum atomic E-state index is 7.13. The van der Waals surface area contributed by atoms with Crippen molar-refractivity contribution < 1.29 is 14.2 Å². The van der Waals surface area contributed by atoms with Crippen molar-refractivity contribution in [3.8, 4) is 11.5 Å². The SMILES string of the molecule is COC1=C([Si](c2ccccc2)(c2ccccc2)c2ccccc2)C=C2[C@H]3Cc4ccc(OC)c5c4[C@@]2(CCN3C)[C@H]1O5. The van der Waals surface area contributed by atoms with Crippen LogP contribution in [0.5, 0.6) is 11.5 Å². The highest BCUT2D eigenvalue weighted by Crippen LogP contribution is 2.63. The molecule has 0 saturated carbocycles. The van der Waals surface area contributed by atoms with E-state index in [1.165, 1.54) is 37.5 Å². The molecule has 210 valence electrons. The van der Waals surface area contributed by atoms with Gasteiger partial charge < -0.3 is 14.2 Å². The van der Waals surface area contributed by atoms with Crippen molar-refractivity contribution >= 4 is 23.6 Å². The maximum Gasteiger partial charge on any atom is 0.183 e. The molecule has 3 atom stereocenters. The van der Waals surface area contributed by atoms with Gasteiger partial charge in [0.25, 0.3) is 0 Å². The van der Waals surface area contributed by atoms with Gasteiger partial charge in [-0.15, -0.1) is 0 Å². The monoisotopic (exact) mass is 569 g/mol. The molecule has 5 heteroatoms. The Morgan fingerprint density at radius 3 is 1.93 bits per heavy atom. The summed E-state index contributed by atoms with van der Waals surface area (Å²) in [7, 11) is 3.01. The summed E-state index contributed by atoms with van der Waals surface area (Å²) in [6.45, 7) is 1.02. The van der Waals surface area contributed by atoms with Crippen LogP contribution in [-0.2, 0) is 16.6 Å². The van der Waals surface area contributed by atoms with Crippen molar-refractivity contribution in [3.63, 3.8) is 0 Å². The Balaban J connectivity index is 1.51. The van der Waals surface area contributed by atoms with Crippen molar-refractivity contribution in [2.75, 3.05) is 27.8 Å². The van der Waals surface area contributed by atoms with Gasteiger partial charge in [-0.1, -0.05) is 103 Å². The molecule has 8 rings (SSSR count). The predicted octanol–water partition coefficient (Wildman–Crippen LogP) is 4.50. The summed E-state index contributed by atoms with van der Waals surface area (Å²) in [6.07, 6.45) is 4.27. The van der Waals surface area contributed by atoms with Gasteiger partial charge >= 0.3 is 0 Å². The van der Waals surface area contributed by atoms with Crippen molar-refractivity contribution in [2.45, 2.75) is 30.4 Å². The summed E-state index contributed by atoms with van der Waals surface area (Å²) in [5.41, 5.74) is 3.91. The number of hydrogen-bond acceptors (Lipinski definition) is 4. The second-order valence-corrected chi connectivity index (χ2v) is 15.8. The van der Waals surface area contributed by atoms with Crippen molar-refractivity contribution in [2.24, 2.45) is 0 Å². The molecule has 4 aromatic rings. The number of ether oxygens (including phenoxy) is 3. The van der Waals surface area contributed by atoms with Gasteiger partial charge in [0.15, 0.2) is 25.7 Å². The zero-order valence-electron chi connectivity index (χ0n) is 24.3. The number of rotatable bonds is 6. The van der Waals surface area contributed by atoms with Crippen LogP contribution < -0.4 is 25.0 Å². The van der Waals surface area contributed by atoms with Crippen molar-refractivity contribution in [3.05, 3.63) is 137 Å². The van der Waals surface area contributed by atoms with Gasteiger partial charge in [-0.25, -0.2) is 0 Å². The summed E-state index contributed by atoms with van der Waals surface area (Å²) in [5.74, 6) is 2.66. The smallest absolute Gasteiger partial charge is 0.183 e. The molecular weight excluding hydrogens is 534 g/mol. The molecule has 2 aliphatic carbocycles. The predicted molar refractivity (Wildman–Crippen MR) is 170 cm³/mol. The first kappa shape index (κ1) is 25.6. The fourth-order valence-electron chi connectivity index (χ4n) is 8.52. The highest BCUT2D eigenvalue weighted by Gasteiger charge is 2.64. The third-order valence-corrected chi connectivity index (χ3v) is 15.1. The molecule has 4 aliphatic rings. The average molecular weight is 570 g/mol. The Bertz CT molecular complexity index is 1640. The van der Waals surface area contributed by atoms with Crippen LogP contribution in [0.15, 0.2) is 126 Å². The van der Waals surface area contributed by atoms with Crippen LogP contribution in [0.1, 0.15) is 17.5 Å². The van der Waals surface area contributed by atoms with E-state index in [4.69, 9.17) is 14.2 Å². The van der Waals surface area contributed by atoms with Crippen LogP contribution in [0.25, 0.3) is 0 Å². The van der Waals surface area contributed by atoms with E-state index in [0.29, 0.717) is 6.04 Å². The van der Waals surface area contributed by atoms with Crippen LogP contribution in [0.4, 0.5) is 0 Å². The van der Waals surface area contributed by atoms with Crippen LogP contribution in [0, 0.1) is 0 Å². The zero-order chi connectivity index (χ0) is 28.5. The number of hydrogen-bond donors (Lipinski definition) is 0. The standard InChI is InChI=1S/C37H35NO3Si/c1-38-22-21-37-29-24-32(35(40-3)36(37)41-34-31(39-2)20-19-25(33(34)37)23-30(29)38)42(26-13-7-4-8-14-26,27-15-9-5-10-16-27)28-17-11-6-12-18-28/h4-20,24,30,36H,21-23H2,1-3H3/t30-,36+,37+/m1/s1. The van der Waals surface area contributed by atoms with Crippen LogP contribution >= 0.6 is 0 Å². The van der Waals surface area contributed by atoms with Crippen molar-refractivity contribution in [1.82, 2.24) is 4.90 Å². The van der Waals surface area contributed by atoms with E-state index in [1.807, 2.05) is 7.11 Å². The summed E-state index contributed by atoms with van der Waals surface area (Å²) < 4.78 is 19.6. The molecule has 0 radical (unpaired) electrons. The molecule has 2 heterocycles. The Labute approximate surface area is 248 Å². The number of nitrogens with zero attached hydrogens (tertiary/aromatic N) is 1. The molecule has 0 aromatic heterocycles. The topological polar surface area (TPSA) is 30.9 Å².